The van der Waals surface area contributed by atoms with Crippen LogP contribution in [-0.4, -0.2) is 60.9 Å². The van der Waals surface area contributed by atoms with Gasteiger partial charge >= 0.3 is 0 Å². The van der Waals surface area contributed by atoms with Crippen LogP contribution in [0.5, 0.6) is 0 Å². The highest BCUT2D eigenvalue weighted by atomic mass is 16.2. The summed E-state index contributed by atoms with van der Waals surface area (Å²) in [4.78, 5) is 27.5. The summed E-state index contributed by atoms with van der Waals surface area (Å²) >= 11 is 0. The second-order valence-corrected chi connectivity index (χ2v) is 5.14. The Kier molecular flexibility index (Phi) is 3.66. The molecular weight excluding hydrogens is 218 g/mol. The maximum absolute atomic E-state index is 12.3. The Balaban J connectivity index is 1.93. The largest absolute Gasteiger partial charge is 0.346 e. The molecule has 17 heavy (non-hydrogen) atoms. The number of nitrogens with one attached hydrogen (secondary N) is 1. The zero-order valence-electron chi connectivity index (χ0n) is 10.6. The zero-order valence-corrected chi connectivity index (χ0v) is 10.6. The molecule has 0 saturated carbocycles. The normalized spacial score (nSPS) is 30.6. The Morgan fingerprint density at radius 3 is 2.82 bits per heavy atom. The Morgan fingerprint density at radius 1 is 1.41 bits per heavy atom. The second kappa shape index (κ2) is 5.04. The standard InChI is InChI=1S/C12H21N3O2/c1-9-8-15(6-4-13-9)12(17)10-3-5-14(2)11(16)7-10/h9-10,13H,3-8H2,1-2H3. The van der Waals surface area contributed by atoms with Gasteiger partial charge in [0.2, 0.25) is 11.8 Å². The molecule has 96 valence electrons. The van der Waals surface area contributed by atoms with Crippen molar-refractivity contribution in [3.63, 3.8) is 0 Å². The quantitative estimate of drug-likeness (QED) is 0.682. The molecule has 0 aromatic rings. The lowest BCUT2D eigenvalue weighted by molar-refractivity contribution is -0.145. The van der Waals surface area contributed by atoms with Gasteiger partial charge in [-0.05, 0) is 13.3 Å². The van der Waals surface area contributed by atoms with Crippen LogP contribution in [0, 0.1) is 5.92 Å². The summed E-state index contributed by atoms with van der Waals surface area (Å²) in [5.41, 5.74) is 0. The molecule has 0 aliphatic carbocycles. The molecule has 5 heteroatoms. The molecule has 1 N–H and O–H groups in total. The Labute approximate surface area is 102 Å². The van der Waals surface area contributed by atoms with Crippen molar-refractivity contribution in [2.75, 3.05) is 33.2 Å². The fourth-order valence-electron chi connectivity index (χ4n) is 2.54. The average molecular weight is 239 g/mol. The number of hydrogen-bond donors (Lipinski definition) is 1. The number of likely N-dealkylation sites (tertiary alicyclic amines) is 1. The fraction of sp³-hybridized carbons (Fsp3) is 0.833. The van der Waals surface area contributed by atoms with Crippen LogP contribution in [0.1, 0.15) is 19.8 Å². The SMILES string of the molecule is CC1CN(C(=O)C2CCN(C)C(=O)C2)CCN1. The lowest BCUT2D eigenvalue weighted by Gasteiger charge is -2.36. The summed E-state index contributed by atoms with van der Waals surface area (Å²) in [7, 11) is 1.80. The minimum atomic E-state index is -0.0935. The molecule has 0 aromatic carbocycles. The molecule has 5 nitrogen and oxygen atoms in total. The van der Waals surface area contributed by atoms with E-state index in [9.17, 15) is 9.59 Å². The molecule has 2 rings (SSSR count). The number of hydrogen-bond acceptors (Lipinski definition) is 3. The smallest absolute Gasteiger partial charge is 0.226 e. The van der Waals surface area contributed by atoms with Crippen LogP contribution in [0.3, 0.4) is 0 Å². The highest BCUT2D eigenvalue weighted by Gasteiger charge is 2.32. The molecule has 0 bridgehead atoms. The Bertz CT molecular complexity index is 319. The van der Waals surface area contributed by atoms with Crippen molar-refractivity contribution >= 4 is 11.8 Å². The number of amides is 2. The number of carbonyl (C=O) groups excluding carboxylic acids is 2. The lowest BCUT2D eigenvalue weighted by atomic mass is 9.94. The van der Waals surface area contributed by atoms with E-state index in [1.54, 1.807) is 11.9 Å². The minimum absolute atomic E-state index is 0.0935. The first-order chi connectivity index (χ1) is 8.08. The van der Waals surface area contributed by atoms with Gasteiger partial charge in [0.15, 0.2) is 0 Å². The molecule has 2 fully saturated rings. The van der Waals surface area contributed by atoms with Crippen molar-refractivity contribution in [2.24, 2.45) is 5.92 Å². The first-order valence-electron chi connectivity index (χ1n) is 6.34. The molecule has 0 radical (unpaired) electrons. The number of nitrogens with zero attached hydrogens (tertiary/aromatic N) is 2. The summed E-state index contributed by atoms with van der Waals surface area (Å²) in [6.45, 7) is 5.17. The molecule has 2 aliphatic rings. The van der Waals surface area contributed by atoms with Crippen LogP contribution in [0.2, 0.25) is 0 Å². The van der Waals surface area contributed by atoms with E-state index in [4.69, 9.17) is 0 Å². The number of carbonyl (C=O) groups is 2. The Hall–Kier alpha value is -1.10. The summed E-state index contributed by atoms with van der Waals surface area (Å²) in [5.74, 6) is 0.168. The van der Waals surface area contributed by atoms with Gasteiger partial charge in [-0.3, -0.25) is 9.59 Å². The van der Waals surface area contributed by atoms with E-state index in [-0.39, 0.29) is 17.7 Å². The fourth-order valence-corrected chi connectivity index (χ4v) is 2.54. The van der Waals surface area contributed by atoms with E-state index < -0.39 is 0 Å². The van der Waals surface area contributed by atoms with Crippen LogP contribution in [0.4, 0.5) is 0 Å². The first kappa shape index (κ1) is 12.4. The van der Waals surface area contributed by atoms with E-state index in [1.165, 1.54) is 0 Å². The van der Waals surface area contributed by atoms with Crippen LogP contribution in [0.15, 0.2) is 0 Å². The summed E-state index contributed by atoms with van der Waals surface area (Å²) in [5, 5.41) is 3.32. The minimum Gasteiger partial charge on any atom is -0.346 e. The predicted octanol–water partition coefficient (Wildman–Crippen LogP) is -0.325. The van der Waals surface area contributed by atoms with Gasteiger partial charge in [-0.25, -0.2) is 0 Å². The van der Waals surface area contributed by atoms with Crippen molar-refractivity contribution < 1.29 is 9.59 Å². The maximum Gasteiger partial charge on any atom is 0.226 e. The first-order valence-corrected chi connectivity index (χ1v) is 6.34. The molecule has 2 unspecified atom stereocenters. The van der Waals surface area contributed by atoms with Gasteiger partial charge in [0.05, 0.1) is 0 Å². The van der Waals surface area contributed by atoms with Gasteiger partial charge in [0.1, 0.15) is 0 Å². The van der Waals surface area contributed by atoms with E-state index in [2.05, 4.69) is 12.2 Å². The number of piperidine rings is 1. The Morgan fingerprint density at radius 2 is 2.18 bits per heavy atom. The third-order valence-corrected chi connectivity index (χ3v) is 3.69. The predicted molar refractivity (Wildman–Crippen MR) is 64.4 cm³/mol. The average Bonchev–Trinajstić information content (AvgIpc) is 2.32. The van der Waals surface area contributed by atoms with Crippen molar-refractivity contribution in [1.29, 1.82) is 0 Å². The zero-order chi connectivity index (χ0) is 12.4. The van der Waals surface area contributed by atoms with Crippen molar-refractivity contribution in [3.05, 3.63) is 0 Å². The van der Waals surface area contributed by atoms with Crippen LogP contribution < -0.4 is 5.32 Å². The summed E-state index contributed by atoms with van der Waals surface area (Å²) < 4.78 is 0. The van der Waals surface area contributed by atoms with Gasteiger partial charge in [0, 0.05) is 51.6 Å². The molecule has 2 atom stereocenters. The molecule has 2 amide bonds. The van der Waals surface area contributed by atoms with Crippen LogP contribution in [0.25, 0.3) is 0 Å². The number of rotatable bonds is 1. The number of piperazine rings is 1. The molecular formula is C12H21N3O2. The van der Waals surface area contributed by atoms with Crippen molar-refractivity contribution in [3.8, 4) is 0 Å². The van der Waals surface area contributed by atoms with Gasteiger partial charge in [-0.1, -0.05) is 0 Å². The van der Waals surface area contributed by atoms with E-state index >= 15 is 0 Å². The van der Waals surface area contributed by atoms with E-state index in [1.807, 2.05) is 4.90 Å². The molecule has 2 aliphatic heterocycles. The van der Waals surface area contributed by atoms with Crippen molar-refractivity contribution in [1.82, 2.24) is 15.1 Å². The van der Waals surface area contributed by atoms with Gasteiger partial charge < -0.3 is 15.1 Å². The van der Waals surface area contributed by atoms with Gasteiger partial charge in [-0.15, -0.1) is 0 Å². The maximum atomic E-state index is 12.3. The van der Waals surface area contributed by atoms with Crippen LogP contribution in [-0.2, 0) is 9.59 Å². The van der Waals surface area contributed by atoms with Crippen LogP contribution >= 0.6 is 0 Å². The molecule has 0 aromatic heterocycles. The monoisotopic (exact) mass is 239 g/mol. The van der Waals surface area contributed by atoms with Gasteiger partial charge in [0.25, 0.3) is 0 Å². The van der Waals surface area contributed by atoms with E-state index in [0.717, 1.165) is 26.1 Å². The second-order valence-electron chi connectivity index (χ2n) is 5.14. The van der Waals surface area contributed by atoms with Gasteiger partial charge in [-0.2, -0.15) is 0 Å². The third kappa shape index (κ3) is 2.77. The summed E-state index contributed by atoms with van der Waals surface area (Å²) in [6.07, 6.45) is 1.19. The lowest BCUT2D eigenvalue weighted by Crippen LogP contribution is -2.54. The molecule has 0 spiro atoms. The van der Waals surface area contributed by atoms with E-state index in [0.29, 0.717) is 19.0 Å². The topological polar surface area (TPSA) is 52.7 Å². The molecule has 2 saturated heterocycles. The third-order valence-electron chi connectivity index (χ3n) is 3.69. The van der Waals surface area contributed by atoms with Crippen molar-refractivity contribution in [2.45, 2.75) is 25.8 Å². The summed E-state index contributed by atoms with van der Waals surface area (Å²) in [6, 6.07) is 0.356. The molecule has 2 heterocycles. The highest BCUT2D eigenvalue weighted by molar-refractivity contribution is 5.87. The highest BCUT2D eigenvalue weighted by Crippen LogP contribution is 2.20.